The summed E-state index contributed by atoms with van der Waals surface area (Å²) in [6.45, 7) is 2.03. The van der Waals surface area contributed by atoms with Crippen molar-refractivity contribution in [2.24, 2.45) is 0 Å². The van der Waals surface area contributed by atoms with E-state index in [1.54, 1.807) is 0 Å². The molecule has 0 bridgehead atoms. The monoisotopic (exact) mass is 275 g/mol. The summed E-state index contributed by atoms with van der Waals surface area (Å²) in [5.41, 5.74) is 1.43. The fourth-order valence-electron chi connectivity index (χ4n) is 3.17. The van der Waals surface area contributed by atoms with Crippen LogP contribution in [0.2, 0.25) is 0 Å². The average Bonchev–Trinajstić information content (AvgIpc) is 2.48. The summed E-state index contributed by atoms with van der Waals surface area (Å²) in [5.74, 6) is -0.0688. The highest BCUT2D eigenvalue weighted by atomic mass is 16.4. The highest BCUT2D eigenvalue weighted by Gasteiger charge is 2.26. The third-order valence-corrected chi connectivity index (χ3v) is 4.31. The van der Waals surface area contributed by atoms with Crippen LogP contribution < -0.4 is 5.32 Å². The van der Waals surface area contributed by atoms with Crippen molar-refractivity contribution in [1.82, 2.24) is 5.32 Å². The molecule has 3 heteroatoms. The van der Waals surface area contributed by atoms with E-state index in [1.807, 2.05) is 6.92 Å². The minimum absolute atomic E-state index is 0.364. The fourth-order valence-corrected chi connectivity index (χ4v) is 3.17. The summed E-state index contributed by atoms with van der Waals surface area (Å²) in [4.78, 5) is 11.2. The summed E-state index contributed by atoms with van der Waals surface area (Å²) < 4.78 is 0. The van der Waals surface area contributed by atoms with Crippen LogP contribution in [0.5, 0.6) is 0 Å². The van der Waals surface area contributed by atoms with Gasteiger partial charge in [0.2, 0.25) is 0 Å². The Hall–Kier alpha value is -1.35. The summed E-state index contributed by atoms with van der Waals surface area (Å²) in [7, 11) is 0. The Bertz CT molecular complexity index is 410. The second-order valence-corrected chi connectivity index (χ2v) is 5.81. The van der Waals surface area contributed by atoms with Gasteiger partial charge in [0.05, 0.1) is 0 Å². The number of benzene rings is 1. The molecule has 1 saturated carbocycles. The highest BCUT2D eigenvalue weighted by molar-refractivity contribution is 5.73. The maximum absolute atomic E-state index is 11.2. The van der Waals surface area contributed by atoms with Gasteiger partial charge in [-0.25, -0.2) is 0 Å². The van der Waals surface area contributed by atoms with Gasteiger partial charge < -0.3 is 10.4 Å². The third kappa shape index (κ3) is 4.07. The smallest absolute Gasteiger partial charge is 0.320 e. The van der Waals surface area contributed by atoms with E-state index in [2.05, 4.69) is 35.6 Å². The van der Waals surface area contributed by atoms with Crippen LogP contribution in [-0.4, -0.2) is 23.2 Å². The zero-order valence-electron chi connectivity index (χ0n) is 12.2. The first-order chi connectivity index (χ1) is 9.70. The lowest BCUT2D eigenvalue weighted by molar-refractivity contribution is -0.140. The molecule has 0 unspecified atom stereocenters. The number of rotatable bonds is 6. The molecule has 2 rings (SSSR count). The van der Waals surface area contributed by atoms with Crippen molar-refractivity contribution in [3.63, 3.8) is 0 Å². The van der Waals surface area contributed by atoms with E-state index in [1.165, 1.54) is 5.56 Å². The van der Waals surface area contributed by atoms with Crippen molar-refractivity contribution < 1.29 is 9.90 Å². The van der Waals surface area contributed by atoms with E-state index in [4.69, 9.17) is 0 Å². The first-order valence-electron chi connectivity index (χ1n) is 7.74. The molecule has 20 heavy (non-hydrogen) atoms. The zero-order chi connectivity index (χ0) is 14.4. The van der Waals surface area contributed by atoms with Crippen molar-refractivity contribution in [3.8, 4) is 0 Å². The molecule has 0 spiro atoms. The van der Waals surface area contributed by atoms with Gasteiger partial charge in [0.15, 0.2) is 0 Å². The number of hydrogen-bond donors (Lipinski definition) is 2. The molecule has 0 aliphatic heterocycles. The average molecular weight is 275 g/mol. The van der Waals surface area contributed by atoms with Crippen molar-refractivity contribution in [2.75, 3.05) is 0 Å². The van der Waals surface area contributed by atoms with E-state index in [9.17, 15) is 9.90 Å². The summed E-state index contributed by atoms with van der Waals surface area (Å²) >= 11 is 0. The Morgan fingerprint density at radius 3 is 2.45 bits per heavy atom. The normalized spacial score (nSPS) is 24.2. The Morgan fingerprint density at radius 1 is 1.25 bits per heavy atom. The van der Waals surface area contributed by atoms with E-state index in [0.29, 0.717) is 18.4 Å². The number of hydrogen-bond acceptors (Lipinski definition) is 2. The summed E-state index contributed by atoms with van der Waals surface area (Å²) in [6.07, 6.45) is 6.08. The van der Waals surface area contributed by atoms with Crippen LogP contribution in [0.4, 0.5) is 0 Å². The Morgan fingerprint density at radius 2 is 1.90 bits per heavy atom. The summed E-state index contributed by atoms with van der Waals surface area (Å²) in [5, 5.41) is 12.5. The molecule has 1 atom stereocenters. The van der Waals surface area contributed by atoms with E-state index >= 15 is 0 Å². The maximum Gasteiger partial charge on any atom is 0.320 e. The molecule has 1 aliphatic carbocycles. The molecule has 1 aliphatic rings. The molecule has 0 saturated heterocycles. The van der Waals surface area contributed by atoms with Gasteiger partial charge in [-0.2, -0.15) is 0 Å². The van der Waals surface area contributed by atoms with E-state index < -0.39 is 5.97 Å². The Labute approximate surface area is 121 Å². The molecular weight excluding hydrogens is 250 g/mol. The lowest BCUT2D eigenvalue weighted by atomic mass is 9.81. The van der Waals surface area contributed by atoms with Crippen molar-refractivity contribution in [2.45, 2.75) is 63.5 Å². The molecule has 0 heterocycles. The number of carboxylic acid groups (broad SMARTS) is 1. The van der Waals surface area contributed by atoms with Gasteiger partial charge in [-0.05, 0) is 43.6 Å². The fraction of sp³-hybridized carbons (Fsp3) is 0.588. The second kappa shape index (κ2) is 7.44. The van der Waals surface area contributed by atoms with Crippen molar-refractivity contribution in [3.05, 3.63) is 35.9 Å². The van der Waals surface area contributed by atoms with Crippen LogP contribution in [0.3, 0.4) is 0 Å². The van der Waals surface area contributed by atoms with Crippen LogP contribution >= 0.6 is 0 Å². The van der Waals surface area contributed by atoms with Gasteiger partial charge in [0.25, 0.3) is 0 Å². The lowest BCUT2D eigenvalue weighted by Gasteiger charge is -2.31. The first-order valence-corrected chi connectivity index (χ1v) is 7.74. The van der Waals surface area contributed by atoms with Crippen molar-refractivity contribution in [1.29, 1.82) is 0 Å². The minimum atomic E-state index is -0.711. The summed E-state index contributed by atoms with van der Waals surface area (Å²) in [6, 6.07) is 10.6. The topological polar surface area (TPSA) is 49.3 Å². The largest absolute Gasteiger partial charge is 0.480 e. The van der Waals surface area contributed by atoms with Crippen LogP contribution in [0.25, 0.3) is 0 Å². The number of aliphatic carboxylic acids is 1. The molecule has 1 aromatic carbocycles. The Balaban J connectivity index is 1.83. The van der Waals surface area contributed by atoms with Gasteiger partial charge in [0, 0.05) is 6.04 Å². The SMILES string of the molecule is CCC[C@H](NC1CCC(c2ccccc2)CC1)C(=O)O. The molecule has 2 N–H and O–H groups in total. The maximum atomic E-state index is 11.2. The van der Waals surface area contributed by atoms with Gasteiger partial charge in [0.1, 0.15) is 6.04 Å². The molecule has 0 amide bonds. The van der Waals surface area contributed by atoms with Gasteiger partial charge in [-0.1, -0.05) is 43.7 Å². The lowest BCUT2D eigenvalue weighted by Crippen LogP contribution is -2.44. The van der Waals surface area contributed by atoms with E-state index in [-0.39, 0.29) is 6.04 Å². The van der Waals surface area contributed by atoms with Crippen LogP contribution in [0.1, 0.15) is 56.9 Å². The molecular formula is C17H25NO2. The second-order valence-electron chi connectivity index (χ2n) is 5.81. The quantitative estimate of drug-likeness (QED) is 0.834. The molecule has 0 radical (unpaired) electrons. The molecule has 110 valence electrons. The molecule has 1 fully saturated rings. The van der Waals surface area contributed by atoms with Crippen molar-refractivity contribution >= 4 is 5.97 Å². The van der Waals surface area contributed by atoms with Crippen LogP contribution in [0, 0.1) is 0 Å². The number of carboxylic acids is 1. The predicted molar refractivity (Wildman–Crippen MR) is 80.9 cm³/mol. The predicted octanol–water partition coefficient (Wildman–Crippen LogP) is 3.56. The van der Waals surface area contributed by atoms with Gasteiger partial charge in [-0.15, -0.1) is 0 Å². The first kappa shape index (κ1) is 15.0. The number of nitrogens with one attached hydrogen (secondary N) is 1. The highest BCUT2D eigenvalue weighted by Crippen LogP contribution is 2.32. The van der Waals surface area contributed by atoms with Crippen LogP contribution in [-0.2, 0) is 4.79 Å². The van der Waals surface area contributed by atoms with Gasteiger partial charge in [-0.3, -0.25) is 4.79 Å². The number of carbonyl (C=O) groups is 1. The third-order valence-electron chi connectivity index (χ3n) is 4.31. The standard InChI is InChI=1S/C17H25NO2/c1-2-6-16(17(19)20)18-15-11-9-14(10-12-15)13-7-4-3-5-8-13/h3-5,7-8,14-16,18H,2,6,9-12H2,1H3,(H,19,20)/t14?,15?,16-/m0/s1. The minimum Gasteiger partial charge on any atom is -0.480 e. The van der Waals surface area contributed by atoms with Gasteiger partial charge >= 0.3 is 5.97 Å². The zero-order valence-corrected chi connectivity index (χ0v) is 12.2. The molecule has 1 aromatic rings. The molecule has 3 nitrogen and oxygen atoms in total. The van der Waals surface area contributed by atoms with E-state index in [0.717, 1.165) is 32.1 Å². The Kier molecular flexibility index (Phi) is 5.60. The van der Waals surface area contributed by atoms with Crippen LogP contribution in [0.15, 0.2) is 30.3 Å². The molecule has 0 aromatic heterocycles.